The minimum atomic E-state index is -1.14. The Bertz CT molecular complexity index is 755. The molecule has 0 fully saturated rings. The summed E-state index contributed by atoms with van der Waals surface area (Å²) in [5.74, 6) is -3.04. The molecule has 2 heterocycles. The van der Waals surface area contributed by atoms with E-state index in [1.54, 1.807) is 23.9 Å². The zero-order valence-electron chi connectivity index (χ0n) is 11.1. The molecule has 21 heavy (non-hydrogen) atoms. The number of carbonyl (C=O) groups excluding carboxylic acids is 2. The summed E-state index contributed by atoms with van der Waals surface area (Å²) in [6, 6.07) is 1.65. The van der Waals surface area contributed by atoms with Crippen LogP contribution in [0, 0.1) is 18.6 Å². The first-order chi connectivity index (χ1) is 9.99. The molecule has 2 aromatic rings. The Hall–Kier alpha value is -2.57. The van der Waals surface area contributed by atoms with Gasteiger partial charge in [-0.15, -0.1) is 0 Å². The average Bonchev–Trinajstić information content (AvgIpc) is 2.95. The number of imidazole rings is 1. The van der Waals surface area contributed by atoms with Crippen LogP contribution >= 0.6 is 0 Å². The minimum Gasteiger partial charge on any atom is -0.333 e. The largest absolute Gasteiger partial charge is 0.333 e. The van der Waals surface area contributed by atoms with E-state index in [1.807, 2.05) is 0 Å². The molecular weight excluding hydrogens is 280 g/mol. The molecule has 0 atom stereocenters. The number of aromatic nitrogens is 2. The van der Waals surface area contributed by atoms with Gasteiger partial charge in [0.1, 0.15) is 5.82 Å². The van der Waals surface area contributed by atoms with Crippen LogP contribution in [-0.2, 0) is 11.3 Å². The van der Waals surface area contributed by atoms with Gasteiger partial charge in [0.05, 0.1) is 11.3 Å². The Balaban J connectivity index is 1.90. The summed E-state index contributed by atoms with van der Waals surface area (Å²) >= 11 is 0. The molecule has 108 valence electrons. The molecular formula is C14H11F2N3O2. The molecule has 0 radical (unpaired) electrons. The molecule has 1 aliphatic rings. The van der Waals surface area contributed by atoms with Crippen LogP contribution in [0.3, 0.4) is 0 Å². The SMILES string of the molecule is Cc1nccn1CCN1C(=O)C(=O)c2cc(F)c(F)cc21. The molecule has 0 bridgehead atoms. The summed E-state index contributed by atoms with van der Waals surface area (Å²) in [6.07, 6.45) is 3.36. The van der Waals surface area contributed by atoms with E-state index in [-0.39, 0.29) is 17.8 Å². The van der Waals surface area contributed by atoms with Crippen molar-refractivity contribution in [3.8, 4) is 0 Å². The second-order valence-corrected chi connectivity index (χ2v) is 4.74. The summed E-state index contributed by atoms with van der Waals surface area (Å²) in [5, 5.41) is 0. The van der Waals surface area contributed by atoms with Crippen LogP contribution in [-0.4, -0.2) is 27.8 Å². The summed E-state index contributed by atoms with van der Waals surface area (Å²) in [5.41, 5.74) is 0.0166. The van der Waals surface area contributed by atoms with Gasteiger partial charge in [0.15, 0.2) is 11.6 Å². The number of carbonyl (C=O) groups is 2. The highest BCUT2D eigenvalue weighted by Crippen LogP contribution is 2.30. The number of fused-ring (bicyclic) bond motifs is 1. The van der Waals surface area contributed by atoms with E-state index < -0.39 is 23.3 Å². The van der Waals surface area contributed by atoms with E-state index in [0.29, 0.717) is 6.54 Å². The highest BCUT2D eigenvalue weighted by Gasteiger charge is 2.36. The molecule has 1 amide bonds. The lowest BCUT2D eigenvalue weighted by molar-refractivity contribution is -0.114. The second-order valence-electron chi connectivity index (χ2n) is 4.74. The summed E-state index contributed by atoms with van der Waals surface area (Å²) in [6.45, 7) is 2.39. The minimum absolute atomic E-state index is 0.0961. The molecule has 0 saturated heterocycles. The van der Waals surface area contributed by atoms with Crippen molar-refractivity contribution >= 4 is 17.4 Å². The van der Waals surface area contributed by atoms with Crippen LogP contribution in [0.25, 0.3) is 0 Å². The number of halogens is 2. The predicted molar refractivity (Wildman–Crippen MR) is 70.0 cm³/mol. The number of benzene rings is 1. The van der Waals surface area contributed by atoms with Crippen LogP contribution in [0.4, 0.5) is 14.5 Å². The molecule has 1 aromatic carbocycles. The number of aryl methyl sites for hydroxylation is 1. The number of hydrogen-bond acceptors (Lipinski definition) is 3. The van der Waals surface area contributed by atoms with E-state index >= 15 is 0 Å². The number of Topliss-reactive ketones (excluding diaryl/α,β-unsaturated/α-hetero) is 1. The fourth-order valence-electron chi connectivity index (χ4n) is 2.36. The van der Waals surface area contributed by atoms with E-state index in [2.05, 4.69) is 4.98 Å². The topological polar surface area (TPSA) is 55.2 Å². The zero-order valence-corrected chi connectivity index (χ0v) is 11.1. The first kappa shape index (κ1) is 13.4. The van der Waals surface area contributed by atoms with E-state index in [0.717, 1.165) is 18.0 Å². The van der Waals surface area contributed by atoms with Crippen LogP contribution in [0.2, 0.25) is 0 Å². The van der Waals surface area contributed by atoms with Gasteiger partial charge in [-0.05, 0) is 13.0 Å². The number of anilines is 1. The van der Waals surface area contributed by atoms with Crippen LogP contribution in [0.1, 0.15) is 16.2 Å². The van der Waals surface area contributed by atoms with Crippen molar-refractivity contribution in [2.24, 2.45) is 0 Å². The quantitative estimate of drug-likeness (QED) is 0.809. The summed E-state index contributed by atoms with van der Waals surface area (Å²) < 4.78 is 28.3. The van der Waals surface area contributed by atoms with Gasteiger partial charge in [-0.1, -0.05) is 0 Å². The smallest absolute Gasteiger partial charge is 0.299 e. The molecule has 1 aromatic heterocycles. The highest BCUT2D eigenvalue weighted by atomic mass is 19.2. The summed E-state index contributed by atoms with van der Waals surface area (Å²) in [4.78, 5) is 29.0. The molecule has 0 aliphatic carbocycles. The maximum absolute atomic E-state index is 13.3. The van der Waals surface area contributed by atoms with Gasteiger partial charge >= 0.3 is 0 Å². The standard InChI is InChI=1S/C14H11F2N3O2/c1-8-17-2-3-18(8)4-5-19-12-7-11(16)10(15)6-9(12)13(20)14(19)21/h2-3,6-7H,4-5H2,1H3. The molecule has 0 spiro atoms. The Morgan fingerprint density at radius 2 is 1.86 bits per heavy atom. The van der Waals surface area contributed by atoms with Crippen LogP contribution < -0.4 is 4.90 Å². The van der Waals surface area contributed by atoms with Crippen LogP contribution in [0.5, 0.6) is 0 Å². The van der Waals surface area contributed by atoms with E-state index in [4.69, 9.17) is 0 Å². The lowest BCUT2D eigenvalue weighted by Gasteiger charge is -2.17. The van der Waals surface area contributed by atoms with E-state index in [9.17, 15) is 18.4 Å². The van der Waals surface area contributed by atoms with Crippen molar-refractivity contribution in [1.82, 2.24) is 9.55 Å². The predicted octanol–water partition coefficient (Wildman–Crippen LogP) is 1.70. The molecule has 5 nitrogen and oxygen atoms in total. The number of ketones is 1. The molecule has 0 saturated carbocycles. The molecule has 7 heteroatoms. The maximum atomic E-state index is 13.3. The third kappa shape index (κ3) is 2.10. The lowest BCUT2D eigenvalue weighted by atomic mass is 10.1. The third-order valence-corrected chi connectivity index (χ3v) is 3.50. The number of amides is 1. The van der Waals surface area contributed by atoms with Crippen molar-refractivity contribution in [1.29, 1.82) is 0 Å². The van der Waals surface area contributed by atoms with Gasteiger partial charge in [0, 0.05) is 31.5 Å². The van der Waals surface area contributed by atoms with E-state index in [1.165, 1.54) is 4.90 Å². The van der Waals surface area contributed by atoms with Crippen molar-refractivity contribution in [3.05, 3.63) is 47.5 Å². The van der Waals surface area contributed by atoms with Crippen molar-refractivity contribution in [3.63, 3.8) is 0 Å². The van der Waals surface area contributed by atoms with Crippen LogP contribution in [0.15, 0.2) is 24.5 Å². The highest BCUT2D eigenvalue weighted by molar-refractivity contribution is 6.52. The number of rotatable bonds is 3. The Kier molecular flexibility index (Phi) is 3.04. The Labute approximate surface area is 118 Å². The van der Waals surface area contributed by atoms with Gasteiger partial charge in [0.25, 0.3) is 11.7 Å². The van der Waals surface area contributed by atoms with Gasteiger partial charge in [0.2, 0.25) is 0 Å². The first-order valence-corrected chi connectivity index (χ1v) is 6.32. The zero-order chi connectivity index (χ0) is 15.1. The van der Waals surface area contributed by atoms with Crippen molar-refractivity contribution < 1.29 is 18.4 Å². The lowest BCUT2D eigenvalue weighted by Crippen LogP contribution is -2.32. The Morgan fingerprint density at radius 3 is 2.52 bits per heavy atom. The fourth-order valence-corrected chi connectivity index (χ4v) is 2.36. The van der Waals surface area contributed by atoms with Crippen molar-refractivity contribution in [2.75, 3.05) is 11.4 Å². The fraction of sp³-hybridized carbons (Fsp3) is 0.214. The molecule has 0 unspecified atom stereocenters. The van der Waals surface area contributed by atoms with Crippen molar-refractivity contribution in [2.45, 2.75) is 13.5 Å². The van der Waals surface area contributed by atoms with Gasteiger partial charge in [-0.2, -0.15) is 0 Å². The molecule has 3 rings (SSSR count). The van der Waals surface area contributed by atoms with Gasteiger partial charge in [-0.3, -0.25) is 9.59 Å². The second kappa shape index (κ2) is 4.76. The maximum Gasteiger partial charge on any atom is 0.299 e. The monoisotopic (exact) mass is 291 g/mol. The average molecular weight is 291 g/mol. The molecule has 1 aliphatic heterocycles. The first-order valence-electron chi connectivity index (χ1n) is 6.32. The number of nitrogens with zero attached hydrogens (tertiary/aromatic N) is 3. The summed E-state index contributed by atoms with van der Waals surface area (Å²) in [7, 11) is 0. The molecule has 0 N–H and O–H groups in total. The van der Waals surface area contributed by atoms with Gasteiger partial charge in [-0.25, -0.2) is 13.8 Å². The Morgan fingerprint density at radius 1 is 1.14 bits per heavy atom. The van der Waals surface area contributed by atoms with Gasteiger partial charge < -0.3 is 9.47 Å². The normalized spacial score (nSPS) is 14.0. The number of hydrogen-bond donors (Lipinski definition) is 0. The third-order valence-electron chi connectivity index (χ3n) is 3.50.